The van der Waals surface area contributed by atoms with E-state index in [1.165, 1.54) is 0 Å². The summed E-state index contributed by atoms with van der Waals surface area (Å²) in [6.45, 7) is 5.10. The second kappa shape index (κ2) is 4.26. The van der Waals surface area contributed by atoms with Gasteiger partial charge < -0.3 is 9.47 Å². The second-order valence-electron chi connectivity index (χ2n) is 4.16. The molecule has 0 aromatic heterocycles. The highest BCUT2D eigenvalue weighted by molar-refractivity contribution is 5.84. The molecule has 0 N–H and O–H groups in total. The van der Waals surface area contributed by atoms with Gasteiger partial charge in [0.05, 0.1) is 19.8 Å². The van der Waals surface area contributed by atoms with E-state index in [2.05, 4.69) is 0 Å². The summed E-state index contributed by atoms with van der Waals surface area (Å²) in [5, 5.41) is 0. The number of aryl methyl sites for hydroxylation is 1. The molecule has 1 aromatic carbocycles. The Labute approximate surface area is 95.4 Å². The van der Waals surface area contributed by atoms with Crippen LogP contribution in [-0.4, -0.2) is 25.8 Å². The zero-order valence-electron chi connectivity index (χ0n) is 9.66. The van der Waals surface area contributed by atoms with Crippen molar-refractivity contribution in [1.82, 2.24) is 0 Å². The van der Waals surface area contributed by atoms with Crippen molar-refractivity contribution in [3.05, 3.63) is 35.4 Å². The van der Waals surface area contributed by atoms with Gasteiger partial charge in [-0.25, -0.2) is 0 Å². The number of hydrogen-bond acceptors (Lipinski definition) is 3. The minimum Gasteiger partial charge on any atom is -0.465 e. The van der Waals surface area contributed by atoms with E-state index in [4.69, 9.17) is 9.47 Å². The first-order chi connectivity index (χ1) is 7.69. The molecule has 1 aromatic rings. The van der Waals surface area contributed by atoms with Gasteiger partial charge in [0.2, 0.25) is 0 Å². The van der Waals surface area contributed by atoms with Crippen LogP contribution in [0, 0.1) is 6.92 Å². The van der Waals surface area contributed by atoms with E-state index < -0.39 is 5.41 Å². The lowest BCUT2D eigenvalue weighted by Crippen LogP contribution is -2.53. The Morgan fingerprint density at radius 1 is 1.50 bits per heavy atom. The topological polar surface area (TPSA) is 35.5 Å². The third-order valence-corrected chi connectivity index (χ3v) is 2.93. The molecule has 1 saturated heterocycles. The van der Waals surface area contributed by atoms with E-state index in [-0.39, 0.29) is 5.97 Å². The van der Waals surface area contributed by atoms with Crippen molar-refractivity contribution in [2.24, 2.45) is 0 Å². The molecule has 3 heteroatoms. The summed E-state index contributed by atoms with van der Waals surface area (Å²) in [4.78, 5) is 12.0. The maximum atomic E-state index is 12.0. The summed E-state index contributed by atoms with van der Waals surface area (Å²) >= 11 is 0. The average Bonchev–Trinajstić information content (AvgIpc) is 2.16. The predicted octanol–water partition coefficient (Wildman–Crippen LogP) is 1.83. The molecule has 1 aliphatic heterocycles. The first kappa shape index (κ1) is 11.1. The van der Waals surface area contributed by atoms with E-state index in [1.807, 2.05) is 38.1 Å². The van der Waals surface area contributed by atoms with E-state index in [9.17, 15) is 4.79 Å². The first-order valence-electron chi connectivity index (χ1n) is 5.51. The van der Waals surface area contributed by atoms with Gasteiger partial charge in [0.1, 0.15) is 5.41 Å². The van der Waals surface area contributed by atoms with Gasteiger partial charge in [0, 0.05) is 0 Å². The van der Waals surface area contributed by atoms with E-state index in [1.54, 1.807) is 0 Å². The number of carbonyl (C=O) groups is 1. The minimum absolute atomic E-state index is 0.174. The molecule has 3 nitrogen and oxygen atoms in total. The SMILES string of the molecule is CCOC(=O)C1(c2cccc(C)c2)COC1. The zero-order valence-corrected chi connectivity index (χ0v) is 9.66. The van der Waals surface area contributed by atoms with Crippen LogP contribution in [0.3, 0.4) is 0 Å². The molecule has 86 valence electrons. The van der Waals surface area contributed by atoms with Crippen molar-refractivity contribution in [2.45, 2.75) is 19.3 Å². The molecule has 0 radical (unpaired) electrons. The number of benzene rings is 1. The van der Waals surface area contributed by atoms with Gasteiger partial charge in [-0.3, -0.25) is 4.79 Å². The Kier molecular flexibility index (Phi) is 2.97. The molecule has 0 spiro atoms. The van der Waals surface area contributed by atoms with Gasteiger partial charge in [-0.1, -0.05) is 29.8 Å². The fraction of sp³-hybridized carbons (Fsp3) is 0.462. The number of carbonyl (C=O) groups excluding carboxylic acids is 1. The zero-order chi connectivity index (χ0) is 11.6. The summed E-state index contributed by atoms with van der Waals surface area (Å²) in [6.07, 6.45) is 0. The van der Waals surface area contributed by atoms with Gasteiger partial charge in [0.15, 0.2) is 0 Å². The van der Waals surface area contributed by atoms with Crippen LogP contribution >= 0.6 is 0 Å². The summed E-state index contributed by atoms with van der Waals surface area (Å²) in [7, 11) is 0. The van der Waals surface area contributed by atoms with Crippen molar-refractivity contribution >= 4 is 5.97 Å². The normalized spacial score (nSPS) is 17.6. The highest BCUT2D eigenvalue weighted by Crippen LogP contribution is 2.34. The van der Waals surface area contributed by atoms with Crippen molar-refractivity contribution in [1.29, 1.82) is 0 Å². The number of rotatable bonds is 3. The predicted molar refractivity (Wildman–Crippen MR) is 60.3 cm³/mol. The van der Waals surface area contributed by atoms with Gasteiger partial charge >= 0.3 is 5.97 Å². The molecule has 0 saturated carbocycles. The van der Waals surface area contributed by atoms with E-state index in [0.717, 1.165) is 11.1 Å². The van der Waals surface area contributed by atoms with Crippen molar-refractivity contribution in [3.63, 3.8) is 0 Å². The Bertz CT molecular complexity index is 394. The van der Waals surface area contributed by atoms with Gasteiger partial charge in [0.25, 0.3) is 0 Å². The molecule has 0 unspecified atom stereocenters. The van der Waals surface area contributed by atoms with Crippen LogP contribution < -0.4 is 0 Å². The van der Waals surface area contributed by atoms with Crippen molar-refractivity contribution in [2.75, 3.05) is 19.8 Å². The monoisotopic (exact) mass is 220 g/mol. The number of esters is 1. The van der Waals surface area contributed by atoms with Crippen LogP contribution in [0.2, 0.25) is 0 Å². The van der Waals surface area contributed by atoms with Gasteiger partial charge in [-0.05, 0) is 19.4 Å². The lowest BCUT2D eigenvalue weighted by molar-refractivity contribution is -0.169. The smallest absolute Gasteiger partial charge is 0.321 e. The fourth-order valence-corrected chi connectivity index (χ4v) is 1.92. The van der Waals surface area contributed by atoms with E-state index in [0.29, 0.717) is 19.8 Å². The van der Waals surface area contributed by atoms with E-state index >= 15 is 0 Å². The van der Waals surface area contributed by atoms with Crippen LogP contribution in [0.25, 0.3) is 0 Å². The first-order valence-corrected chi connectivity index (χ1v) is 5.51. The Morgan fingerprint density at radius 2 is 2.25 bits per heavy atom. The standard InChI is InChI=1S/C13H16O3/c1-3-16-12(14)13(8-15-9-13)11-6-4-5-10(2)7-11/h4-7H,3,8-9H2,1-2H3. The second-order valence-corrected chi connectivity index (χ2v) is 4.16. The molecule has 1 fully saturated rings. The Morgan fingerprint density at radius 3 is 2.75 bits per heavy atom. The molecule has 1 heterocycles. The summed E-state index contributed by atoms with van der Waals surface area (Å²) in [5.41, 5.74) is 1.58. The third-order valence-electron chi connectivity index (χ3n) is 2.93. The molecule has 1 aliphatic rings. The van der Waals surface area contributed by atoms with Crippen LogP contribution in [0.4, 0.5) is 0 Å². The number of hydrogen-bond donors (Lipinski definition) is 0. The highest BCUT2D eigenvalue weighted by atomic mass is 16.6. The average molecular weight is 220 g/mol. The molecular formula is C13H16O3. The molecule has 0 amide bonds. The summed E-state index contributed by atoms with van der Waals surface area (Å²) < 4.78 is 10.3. The van der Waals surface area contributed by atoms with Gasteiger partial charge in [-0.15, -0.1) is 0 Å². The molecule has 0 atom stereocenters. The summed E-state index contributed by atoms with van der Waals surface area (Å²) in [5.74, 6) is -0.174. The van der Waals surface area contributed by atoms with Crippen molar-refractivity contribution < 1.29 is 14.3 Å². The fourth-order valence-electron chi connectivity index (χ4n) is 1.92. The highest BCUT2D eigenvalue weighted by Gasteiger charge is 2.48. The van der Waals surface area contributed by atoms with Crippen molar-refractivity contribution in [3.8, 4) is 0 Å². The molecule has 16 heavy (non-hydrogen) atoms. The molecule has 2 rings (SSSR count). The van der Waals surface area contributed by atoms with Crippen LogP contribution in [0.15, 0.2) is 24.3 Å². The largest absolute Gasteiger partial charge is 0.465 e. The van der Waals surface area contributed by atoms with Gasteiger partial charge in [-0.2, -0.15) is 0 Å². The van der Waals surface area contributed by atoms with Crippen LogP contribution in [0.1, 0.15) is 18.1 Å². The lowest BCUT2D eigenvalue weighted by Gasteiger charge is -2.39. The molecular weight excluding hydrogens is 204 g/mol. The minimum atomic E-state index is -0.567. The quantitative estimate of drug-likeness (QED) is 0.729. The lowest BCUT2D eigenvalue weighted by atomic mass is 9.78. The molecule has 0 aliphatic carbocycles. The maximum absolute atomic E-state index is 12.0. The summed E-state index contributed by atoms with van der Waals surface area (Å²) in [6, 6.07) is 7.97. The Hall–Kier alpha value is -1.35. The third kappa shape index (κ3) is 1.71. The van der Waals surface area contributed by atoms with Crippen LogP contribution in [-0.2, 0) is 19.7 Å². The molecule has 0 bridgehead atoms. The number of ether oxygens (including phenoxy) is 2. The van der Waals surface area contributed by atoms with Crippen LogP contribution in [0.5, 0.6) is 0 Å². The Balaban J connectivity index is 2.31. The maximum Gasteiger partial charge on any atom is 0.321 e.